The van der Waals surface area contributed by atoms with E-state index in [0.29, 0.717) is 0 Å². The first-order valence-corrected chi connectivity index (χ1v) is 13.6. The summed E-state index contributed by atoms with van der Waals surface area (Å²) in [5, 5.41) is 4.27. The minimum atomic E-state index is -2.59. The van der Waals surface area contributed by atoms with Crippen LogP contribution in [-0.4, -0.2) is 8.07 Å². The number of benzene rings is 3. The van der Waals surface area contributed by atoms with Gasteiger partial charge in [0.05, 0.1) is 0 Å². The van der Waals surface area contributed by atoms with Gasteiger partial charge in [0.1, 0.15) is 8.07 Å². The Bertz CT molecular complexity index is 1200. The Hall–Kier alpha value is -1.93. The average molecular weight is 529 g/mol. The van der Waals surface area contributed by atoms with Gasteiger partial charge < -0.3 is 22.3 Å². The smallest absolute Gasteiger partial charge is 0.358 e. The minimum absolute atomic E-state index is 0. The molecule has 0 heterocycles. The Morgan fingerprint density at radius 1 is 0.639 bits per heavy atom. The summed E-state index contributed by atoms with van der Waals surface area (Å²) < 4.78 is 0. The Balaban J connectivity index is 0.00000306. The van der Waals surface area contributed by atoms with Gasteiger partial charge in [-0.3, -0.25) is 6.08 Å². The summed E-state index contributed by atoms with van der Waals surface area (Å²) in [5.74, 6) is 0. The maximum absolute atomic E-state index is 4.05. The van der Waals surface area contributed by atoms with E-state index in [4.69, 9.17) is 0 Å². The fourth-order valence-electron chi connectivity index (χ4n) is 6.03. The second-order valence-electron chi connectivity index (χ2n) is 9.88. The molecule has 4 rings (SSSR count). The zero-order chi connectivity index (χ0) is 23.3. The van der Waals surface area contributed by atoms with Crippen molar-refractivity contribution < 1.29 is 21.7 Å². The molecule has 188 valence electrons. The number of aryl methyl sites for hydroxylation is 4. The van der Waals surface area contributed by atoms with Crippen molar-refractivity contribution >= 4 is 23.6 Å². The average Bonchev–Trinajstić information content (AvgIpc) is 2.95. The number of allylic oxidation sites excluding steroid dienone is 4. The van der Waals surface area contributed by atoms with Gasteiger partial charge in [0.25, 0.3) is 0 Å². The molecule has 0 bridgehead atoms. The number of hydrogen-bond acceptors (Lipinski definition) is 0. The van der Waals surface area contributed by atoms with E-state index in [9.17, 15) is 0 Å². The third-order valence-electron chi connectivity index (χ3n) is 7.84. The molecule has 0 saturated carbocycles. The van der Waals surface area contributed by atoms with Crippen molar-refractivity contribution in [3.8, 4) is 0 Å². The zero-order valence-corrected chi connectivity index (χ0v) is 26.9. The van der Waals surface area contributed by atoms with Gasteiger partial charge in [-0.15, -0.1) is 6.92 Å². The summed E-state index contributed by atoms with van der Waals surface area (Å²) in [7, 11) is -2.59. The van der Waals surface area contributed by atoms with Gasteiger partial charge in [-0.1, -0.05) is 115 Å². The zero-order valence-electron chi connectivity index (χ0n) is 24.4. The van der Waals surface area contributed by atoms with Crippen LogP contribution in [0.3, 0.4) is 0 Å². The van der Waals surface area contributed by atoms with E-state index in [0.717, 1.165) is 0 Å². The molecule has 0 spiro atoms. The second-order valence-corrected chi connectivity index (χ2v) is 14.0. The first-order valence-electron chi connectivity index (χ1n) is 11.6. The maximum Gasteiger partial charge on any atom is 4.00 e. The monoisotopic (exact) mass is 528 g/mol. The van der Waals surface area contributed by atoms with Crippen molar-refractivity contribution in [2.75, 3.05) is 0 Å². The third-order valence-corrected chi connectivity index (χ3v) is 13.8. The van der Waals surface area contributed by atoms with Crippen LogP contribution < -0.4 is 15.6 Å². The molecule has 1 unspecified atom stereocenters. The van der Waals surface area contributed by atoms with Crippen LogP contribution in [0.4, 0.5) is 0 Å². The van der Waals surface area contributed by atoms with Gasteiger partial charge in [0.2, 0.25) is 0 Å². The van der Waals surface area contributed by atoms with Crippen LogP contribution in [0.2, 0.25) is 5.04 Å². The Labute approximate surface area is 238 Å². The van der Waals surface area contributed by atoms with Gasteiger partial charge in [0.15, 0.2) is 0 Å². The van der Waals surface area contributed by atoms with Crippen molar-refractivity contribution in [3.63, 3.8) is 0 Å². The van der Waals surface area contributed by atoms with Crippen LogP contribution in [0, 0.1) is 56.1 Å². The Morgan fingerprint density at radius 3 is 1.44 bits per heavy atom. The standard InChI is InChI=1S/C31H35Si.3CH3.Ti/c1-21-14-16-29(23(3)18-21)32(28-12-10-9-11-13-28,30-17-15-22(2)19-24(30)4)31(8)20-25(5)26(6)27(31)7;;;;/h9-19H,1-8H3;3*1H3;/q4*-1;+4. The summed E-state index contributed by atoms with van der Waals surface area (Å²) in [6.07, 6.45) is 4.05. The molecule has 0 nitrogen and oxygen atoms in total. The molecule has 0 amide bonds. The van der Waals surface area contributed by atoms with E-state index >= 15 is 0 Å². The normalized spacial score (nSPS) is 16.7. The van der Waals surface area contributed by atoms with E-state index in [1.165, 1.54) is 54.5 Å². The topological polar surface area (TPSA) is 0 Å². The molecule has 2 heteroatoms. The second kappa shape index (κ2) is 12.5. The van der Waals surface area contributed by atoms with Crippen molar-refractivity contribution in [2.24, 2.45) is 0 Å². The van der Waals surface area contributed by atoms with E-state index < -0.39 is 8.07 Å². The summed E-state index contributed by atoms with van der Waals surface area (Å²) in [4.78, 5) is 0. The van der Waals surface area contributed by atoms with Crippen molar-refractivity contribution in [2.45, 2.75) is 60.4 Å². The molecular weight excluding hydrogens is 484 g/mol. The largest absolute Gasteiger partial charge is 4.00 e. The van der Waals surface area contributed by atoms with E-state index in [-0.39, 0.29) is 49.0 Å². The first-order chi connectivity index (χ1) is 15.1. The fourth-order valence-corrected chi connectivity index (χ4v) is 12.4. The molecular formula is C34H44SiTi. The van der Waals surface area contributed by atoms with Crippen LogP contribution >= 0.6 is 0 Å². The third kappa shape index (κ3) is 5.08. The predicted molar refractivity (Wildman–Crippen MR) is 161 cm³/mol. The summed E-state index contributed by atoms with van der Waals surface area (Å²) in [6, 6.07) is 25.5. The van der Waals surface area contributed by atoms with Crippen LogP contribution in [0.1, 0.15) is 49.9 Å². The van der Waals surface area contributed by atoms with Crippen molar-refractivity contribution in [1.29, 1.82) is 0 Å². The SMILES string of the molecule is CC1=[C-]C(C)([Si](c2ccccc2)(c2ccc(C)cc2C)c2ccc(C)cc2C)C(C)=C1C.[CH3-].[CH3-].[CH3-].[Ti+4]. The summed E-state index contributed by atoms with van der Waals surface area (Å²) in [5.41, 5.74) is 9.57. The molecule has 1 aliphatic rings. The van der Waals surface area contributed by atoms with Gasteiger partial charge in [-0.25, -0.2) is 5.57 Å². The molecule has 3 aromatic rings. The van der Waals surface area contributed by atoms with Crippen LogP contribution in [0.25, 0.3) is 0 Å². The van der Waals surface area contributed by atoms with Gasteiger partial charge in [-0.05, 0) is 43.3 Å². The Kier molecular flexibility index (Phi) is 11.9. The van der Waals surface area contributed by atoms with Crippen molar-refractivity contribution in [1.82, 2.24) is 0 Å². The molecule has 0 aliphatic heterocycles. The molecule has 0 saturated heterocycles. The van der Waals surface area contributed by atoms with Gasteiger partial charge in [0, 0.05) is 0 Å². The number of rotatable bonds is 4. The molecule has 0 N–H and O–H groups in total. The van der Waals surface area contributed by atoms with E-state index in [1.54, 1.807) is 0 Å². The molecule has 1 atom stereocenters. The minimum Gasteiger partial charge on any atom is -0.358 e. The molecule has 0 radical (unpaired) electrons. The maximum atomic E-state index is 4.05. The van der Waals surface area contributed by atoms with E-state index in [2.05, 4.69) is 128 Å². The van der Waals surface area contributed by atoms with Gasteiger partial charge >= 0.3 is 21.7 Å². The summed E-state index contributed by atoms with van der Waals surface area (Å²) in [6.45, 7) is 18.3. The molecule has 1 aliphatic carbocycles. The molecule has 0 aromatic heterocycles. The Morgan fingerprint density at radius 2 is 1.08 bits per heavy atom. The molecule has 36 heavy (non-hydrogen) atoms. The van der Waals surface area contributed by atoms with Gasteiger partial charge in [-0.2, -0.15) is 11.1 Å². The number of hydrogen-bond donors (Lipinski definition) is 0. The van der Waals surface area contributed by atoms with Crippen LogP contribution in [0.5, 0.6) is 0 Å². The van der Waals surface area contributed by atoms with E-state index in [1.807, 2.05) is 0 Å². The van der Waals surface area contributed by atoms with Crippen LogP contribution in [-0.2, 0) is 21.7 Å². The van der Waals surface area contributed by atoms with Crippen molar-refractivity contribution in [3.05, 3.63) is 134 Å². The molecule has 0 fully saturated rings. The summed E-state index contributed by atoms with van der Waals surface area (Å²) >= 11 is 0. The van der Waals surface area contributed by atoms with Crippen LogP contribution in [0.15, 0.2) is 83.4 Å². The predicted octanol–water partition coefficient (Wildman–Crippen LogP) is 7.60. The fraction of sp³-hybridized carbons (Fsp3) is 0.265. The first kappa shape index (κ1) is 34.1. The quantitative estimate of drug-likeness (QED) is 0.186. The molecule has 3 aromatic carbocycles.